The molecule has 0 saturated carbocycles. The molecule has 0 spiro atoms. The molecule has 0 aliphatic carbocycles. The van der Waals surface area contributed by atoms with Crippen molar-refractivity contribution in [3.05, 3.63) is 58.6 Å². The summed E-state index contributed by atoms with van der Waals surface area (Å²) in [5.41, 5.74) is 0.956. The van der Waals surface area contributed by atoms with Gasteiger partial charge in [-0.15, -0.1) is 0 Å². The Morgan fingerprint density at radius 1 is 1.06 bits per heavy atom. The van der Waals surface area contributed by atoms with E-state index in [2.05, 4.69) is 28.1 Å². The molecule has 0 aliphatic heterocycles. The largest absolute Gasteiger partial charge is 0.392 e. The maximum absolute atomic E-state index is 9.26. The number of hydrogen-bond acceptors (Lipinski definition) is 2. The van der Waals surface area contributed by atoms with Crippen molar-refractivity contribution in [1.82, 2.24) is 0 Å². The Kier molecular flexibility index (Phi) is 4.04. The molecule has 0 atom stereocenters. The first-order valence-corrected chi connectivity index (χ1v) is 6.53. The van der Waals surface area contributed by atoms with Crippen molar-refractivity contribution < 1.29 is 5.11 Å². The maximum Gasteiger partial charge on any atom is 0.0692 e. The van der Waals surface area contributed by atoms with Crippen molar-refractivity contribution in [2.75, 3.05) is 0 Å². The highest BCUT2D eigenvalue weighted by Crippen LogP contribution is 2.32. The Morgan fingerprint density at radius 2 is 1.81 bits per heavy atom. The van der Waals surface area contributed by atoms with Crippen molar-refractivity contribution in [2.45, 2.75) is 16.4 Å². The summed E-state index contributed by atoms with van der Waals surface area (Å²) in [6.45, 7) is 0.0719. The van der Waals surface area contributed by atoms with Gasteiger partial charge in [-0.2, -0.15) is 0 Å². The average molecular weight is 295 g/mol. The standard InChI is InChI=1S/C13H11BrOS/c14-11-7-6-10(9-15)13(8-11)16-12-4-2-1-3-5-12/h1-8,15H,9H2. The quantitative estimate of drug-likeness (QED) is 0.920. The van der Waals surface area contributed by atoms with Crippen LogP contribution >= 0.6 is 27.7 Å². The highest BCUT2D eigenvalue weighted by atomic mass is 79.9. The summed E-state index contributed by atoms with van der Waals surface area (Å²) in [4.78, 5) is 2.26. The lowest BCUT2D eigenvalue weighted by Crippen LogP contribution is -1.87. The van der Waals surface area contributed by atoms with Gasteiger partial charge in [-0.3, -0.25) is 0 Å². The fourth-order valence-corrected chi connectivity index (χ4v) is 2.88. The molecule has 3 heteroatoms. The van der Waals surface area contributed by atoms with Crippen molar-refractivity contribution in [1.29, 1.82) is 0 Å². The predicted molar refractivity (Wildman–Crippen MR) is 70.6 cm³/mol. The molecular weight excluding hydrogens is 284 g/mol. The van der Waals surface area contributed by atoms with Crippen LogP contribution in [0, 0.1) is 0 Å². The lowest BCUT2D eigenvalue weighted by molar-refractivity contribution is 0.279. The summed E-state index contributed by atoms with van der Waals surface area (Å²) in [5.74, 6) is 0. The van der Waals surface area contributed by atoms with Crippen LogP contribution in [0.15, 0.2) is 62.8 Å². The van der Waals surface area contributed by atoms with Gasteiger partial charge in [-0.1, -0.05) is 52.0 Å². The van der Waals surface area contributed by atoms with Gasteiger partial charge in [-0.25, -0.2) is 0 Å². The number of hydrogen-bond donors (Lipinski definition) is 1. The van der Waals surface area contributed by atoms with E-state index in [0.717, 1.165) is 14.9 Å². The zero-order valence-corrected chi connectivity index (χ0v) is 11.0. The zero-order chi connectivity index (χ0) is 11.4. The lowest BCUT2D eigenvalue weighted by Gasteiger charge is -2.07. The summed E-state index contributed by atoms with van der Waals surface area (Å²) in [6.07, 6.45) is 0. The number of aliphatic hydroxyl groups excluding tert-OH is 1. The predicted octanol–water partition coefficient (Wildman–Crippen LogP) is 4.09. The first-order valence-electron chi connectivity index (χ1n) is 4.92. The molecule has 0 aromatic heterocycles. The van der Waals surface area contributed by atoms with Crippen molar-refractivity contribution in [3.8, 4) is 0 Å². The summed E-state index contributed by atoms with van der Waals surface area (Å²) >= 11 is 5.11. The van der Waals surface area contributed by atoms with Crippen molar-refractivity contribution in [2.24, 2.45) is 0 Å². The molecule has 0 bridgehead atoms. The molecule has 0 aliphatic rings. The SMILES string of the molecule is OCc1ccc(Br)cc1Sc1ccccc1. The average Bonchev–Trinajstić information content (AvgIpc) is 2.31. The third kappa shape index (κ3) is 2.88. The fraction of sp³-hybridized carbons (Fsp3) is 0.0769. The van der Waals surface area contributed by atoms with Crippen LogP contribution in [-0.2, 0) is 6.61 Å². The zero-order valence-electron chi connectivity index (χ0n) is 8.56. The summed E-state index contributed by atoms with van der Waals surface area (Å²) in [7, 11) is 0. The second-order valence-electron chi connectivity index (χ2n) is 3.33. The molecule has 0 heterocycles. The van der Waals surface area contributed by atoms with Gasteiger partial charge in [0.1, 0.15) is 0 Å². The molecule has 0 amide bonds. The van der Waals surface area contributed by atoms with E-state index in [1.54, 1.807) is 11.8 Å². The van der Waals surface area contributed by atoms with Gasteiger partial charge < -0.3 is 5.11 Å². The molecular formula is C13H11BrOS. The molecule has 2 rings (SSSR count). The Bertz CT molecular complexity index is 471. The molecule has 0 radical (unpaired) electrons. The van der Waals surface area contributed by atoms with Gasteiger partial charge in [-0.05, 0) is 29.8 Å². The van der Waals surface area contributed by atoms with E-state index in [0.29, 0.717) is 0 Å². The molecule has 1 N–H and O–H groups in total. The number of rotatable bonds is 3. The Hall–Kier alpha value is -0.770. The van der Waals surface area contributed by atoms with E-state index < -0.39 is 0 Å². The highest BCUT2D eigenvalue weighted by molar-refractivity contribution is 9.10. The van der Waals surface area contributed by atoms with Crippen LogP contribution in [0.2, 0.25) is 0 Å². The Morgan fingerprint density at radius 3 is 2.50 bits per heavy atom. The third-order valence-electron chi connectivity index (χ3n) is 2.17. The van der Waals surface area contributed by atoms with Crippen LogP contribution < -0.4 is 0 Å². The topological polar surface area (TPSA) is 20.2 Å². The first kappa shape index (κ1) is 11.7. The van der Waals surface area contributed by atoms with Crippen LogP contribution in [0.4, 0.5) is 0 Å². The smallest absolute Gasteiger partial charge is 0.0692 e. The molecule has 16 heavy (non-hydrogen) atoms. The van der Waals surface area contributed by atoms with Crippen LogP contribution in [0.3, 0.4) is 0 Å². The van der Waals surface area contributed by atoms with Gasteiger partial charge >= 0.3 is 0 Å². The second kappa shape index (κ2) is 5.53. The van der Waals surface area contributed by atoms with Gasteiger partial charge in [0.15, 0.2) is 0 Å². The van der Waals surface area contributed by atoms with E-state index in [-0.39, 0.29) is 6.61 Å². The van der Waals surface area contributed by atoms with Gasteiger partial charge in [0.2, 0.25) is 0 Å². The van der Waals surface area contributed by atoms with Gasteiger partial charge in [0.25, 0.3) is 0 Å². The highest BCUT2D eigenvalue weighted by Gasteiger charge is 2.04. The monoisotopic (exact) mass is 294 g/mol. The minimum Gasteiger partial charge on any atom is -0.392 e. The molecule has 0 unspecified atom stereocenters. The summed E-state index contributed by atoms with van der Waals surface area (Å²) < 4.78 is 1.03. The van der Waals surface area contributed by atoms with E-state index >= 15 is 0 Å². The van der Waals surface area contributed by atoms with Crippen LogP contribution in [0.25, 0.3) is 0 Å². The number of halogens is 1. The van der Waals surface area contributed by atoms with E-state index in [9.17, 15) is 5.11 Å². The van der Waals surface area contributed by atoms with Gasteiger partial charge in [0.05, 0.1) is 6.61 Å². The molecule has 0 fully saturated rings. The second-order valence-corrected chi connectivity index (χ2v) is 5.36. The number of aliphatic hydroxyl groups is 1. The minimum atomic E-state index is 0.0719. The van der Waals surface area contributed by atoms with Crippen molar-refractivity contribution in [3.63, 3.8) is 0 Å². The fourth-order valence-electron chi connectivity index (χ4n) is 1.37. The van der Waals surface area contributed by atoms with Crippen LogP contribution in [0.5, 0.6) is 0 Å². The molecule has 2 aromatic carbocycles. The van der Waals surface area contributed by atoms with Crippen molar-refractivity contribution >= 4 is 27.7 Å². The maximum atomic E-state index is 9.26. The van der Waals surface area contributed by atoms with E-state index in [1.807, 2.05) is 36.4 Å². The first-order chi connectivity index (χ1) is 7.79. The van der Waals surface area contributed by atoms with E-state index in [1.165, 1.54) is 4.90 Å². The van der Waals surface area contributed by atoms with Gasteiger partial charge in [0, 0.05) is 14.3 Å². The third-order valence-corrected chi connectivity index (χ3v) is 3.77. The molecule has 1 nitrogen and oxygen atoms in total. The summed E-state index contributed by atoms with van der Waals surface area (Å²) in [5, 5.41) is 9.26. The van der Waals surface area contributed by atoms with Crippen LogP contribution in [-0.4, -0.2) is 5.11 Å². The Labute approximate surface area is 108 Å². The lowest BCUT2D eigenvalue weighted by atomic mass is 10.2. The molecule has 0 saturated heterocycles. The molecule has 82 valence electrons. The Balaban J connectivity index is 2.30. The number of benzene rings is 2. The van der Waals surface area contributed by atoms with Crippen LogP contribution in [0.1, 0.15) is 5.56 Å². The minimum absolute atomic E-state index is 0.0719. The van der Waals surface area contributed by atoms with E-state index in [4.69, 9.17) is 0 Å². The summed E-state index contributed by atoms with van der Waals surface area (Å²) in [6, 6.07) is 16.1. The molecule has 2 aromatic rings. The normalized spacial score (nSPS) is 10.4.